The lowest BCUT2D eigenvalue weighted by molar-refractivity contribution is -0.139. The molecule has 0 radical (unpaired) electrons. The van der Waals surface area contributed by atoms with Gasteiger partial charge in [-0.15, -0.1) is 0 Å². The molecule has 0 unspecified atom stereocenters. The summed E-state index contributed by atoms with van der Waals surface area (Å²) in [6, 6.07) is 8.81. The molecule has 5 rings (SSSR count). The number of alkyl halides is 3. The van der Waals surface area contributed by atoms with Gasteiger partial charge in [0, 0.05) is 5.56 Å². The van der Waals surface area contributed by atoms with E-state index < -0.39 is 11.7 Å². The smallest absolute Gasteiger partial charge is 0.416 e. The molecule has 3 aliphatic carbocycles. The van der Waals surface area contributed by atoms with Crippen LogP contribution in [0.5, 0.6) is 11.5 Å². The van der Waals surface area contributed by atoms with Gasteiger partial charge in [-0.25, -0.2) is 0 Å². The number of benzene rings is 2. The first-order valence-corrected chi connectivity index (χ1v) is 12.0. The summed E-state index contributed by atoms with van der Waals surface area (Å²) in [5.41, 5.74) is 4.38. The summed E-state index contributed by atoms with van der Waals surface area (Å²) in [7, 11) is 1.50. The number of aliphatic hydroxyl groups is 1. The third-order valence-electron chi connectivity index (χ3n) is 8.41. The van der Waals surface area contributed by atoms with Crippen LogP contribution in [0, 0.1) is 17.3 Å². The molecule has 0 aliphatic heterocycles. The van der Waals surface area contributed by atoms with Crippen molar-refractivity contribution < 1.29 is 33.0 Å². The number of ether oxygens (including phenoxy) is 1. The average Bonchev–Trinajstić information content (AvgIpc) is 3.13. The average molecular weight is 490 g/mol. The number of hydroxylamine groups is 1. The first-order chi connectivity index (χ1) is 16.6. The number of hydrogen-bond acceptors (Lipinski definition) is 5. The largest absolute Gasteiger partial charge is 0.504 e. The maximum Gasteiger partial charge on any atom is 0.416 e. The number of fused-ring (bicyclic) bond motifs is 5. The van der Waals surface area contributed by atoms with Gasteiger partial charge in [0.15, 0.2) is 11.5 Å². The lowest BCUT2D eigenvalue weighted by atomic mass is 9.56. The third-order valence-corrected chi connectivity index (χ3v) is 8.41. The molecular weight excluding hydrogens is 459 g/mol. The quantitative estimate of drug-likeness (QED) is 0.466. The fourth-order valence-electron chi connectivity index (χ4n) is 6.54. The summed E-state index contributed by atoms with van der Waals surface area (Å²) in [5, 5.41) is 21.2. The van der Waals surface area contributed by atoms with Crippen LogP contribution in [0.2, 0.25) is 0 Å². The predicted molar refractivity (Wildman–Crippen MR) is 124 cm³/mol. The molecule has 35 heavy (non-hydrogen) atoms. The highest BCUT2D eigenvalue weighted by atomic mass is 19.4. The van der Waals surface area contributed by atoms with E-state index >= 15 is 0 Å². The van der Waals surface area contributed by atoms with Gasteiger partial charge in [0.05, 0.1) is 24.5 Å². The monoisotopic (exact) mass is 489 g/mol. The molecule has 5 atom stereocenters. The Kier molecular flexibility index (Phi) is 6.00. The first-order valence-electron chi connectivity index (χ1n) is 12.0. The molecule has 2 aromatic rings. The standard InChI is InChI=1S/C27H30F3NO4/c1-26-10-9-16-17-13-24(34-2)23(32)12-19(17)22(11-18(16)21(26)7-8-25(26)33)31-35-14-15-5-3-4-6-20(15)27(28,29)30/h3-6,11-13,16,18,21,25,31-33H,7-10,14H2,1-2H3/t16-,18-,21+,25+,26+/m1/s1. The molecule has 0 spiro atoms. The van der Waals surface area contributed by atoms with Crippen molar-refractivity contribution in [1.29, 1.82) is 0 Å². The zero-order chi connectivity index (χ0) is 25.0. The second-order valence-corrected chi connectivity index (χ2v) is 10.2. The van der Waals surface area contributed by atoms with E-state index in [-0.39, 0.29) is 47.2 Å². The van der Waals surface area contributed by atoms with E-state index in [9.17, 15) is 23.4 Å². The summed E-state index contributed by atoms with van der Waals surface area (Å²) in [4.78, 5) is 5.61. The van der Waals surface area contributed by atoms with Crippen LogP contribution in [0.3, 0.4) is 0 Å². The number of aliphatic hydroxyl groups excluding tert-OH is 1. The van der Waals surface area contributed by atoms with Crippen LogP contribution in [0.1, 0.15) is 60.8 Å². The minimum Gasteiger partial charge on any atom is -0.504 e. The molecule has 2 saturated carbocycles. The van der Waals surface area contributed by atoms with Crippen LogP contribution in [-0.2, 0) is 17.6 Å². The molecule has 0 saturated heterocycles. The van der Waals surface area contributed by atoms with Crippen molar-refractivity contribution in [2.24, 2.45) is 17.3 Å². The Bertz CT molecular complexity index is 1150. The highest BCUT2D eigenvalue weighted by Gasteiger charge is 2.54. The fourth-order valence-corrected chi connectivity index (χ4v) is 6.54. The van der Waals surface area contributed by atoms with Gasteiger partial charge < -0.3 is 14.9 Å². The van der Waals surface area contributed by atoms with E-state index in [2.05, 4.69) is 18.5 Å². The molecule has 3 N–H and O–H groups in total. The topological polar surface area (TPSA) is 71.0 Å². The fraction of sp³-hybridized carbons (Fsp3) is 0.481. The Balaban J connectivity index is 1.46. The van der Waals surface area contributed by atoms with E-state index in [1.165, 1.54) is 19.2 Å². The lowest BCUT2D eigenvalue weighted by Crippen LogP contribution is -2.43. The maximum absolute atomic E-state index is 13.4. The zero-order valence-electron chi connectivity index (χ0n) is 19.7. The second-order valence-electron chi connectivity index (χ2n) is 10.2. The number of aromatic hydroxyl groups is 1. The number of rotatable bonds is 5. The number of phenolic OH excluding ortho intramolecular Hbond substituents is 1. The van der Waals surface area contributed by atoms with Gasteiger partial charge >= 0.3 is 6.18 Å². The summed E-state index contributed by atoms with van der Waals surface area (Å²) >= 11 is 0. The molecule has 2 aromatic carbocycles. The Morgan fingerprint density at radius 3 is 2.66 bits per heavy atom. The van der Waals surface area contributed by atoms with Crippen LogP contribution in [0.15, 0.2) is 42.5 Å². The van der Waals surface area contributed by atoms with E-state index in [4.69, 9.17) is 9.57 Å². The molecule has 2 fully saturated rings. The third kappa shape index (κ3) is 4.06. The van der Waals surface area contributed by atoms with Crippen molar-refractivity contribution >= 4 is 5.70 Å². The summed E-state index contributed by atoms with van der Waals surface area (Å²) in [5.74, 6) is 0.952. The minimum atomic E-state index is -4.47. The van der Waals surface area contributed by atoms with E-state index in [0.29, 0.717) is 11.4 Å². The molecule has 3 aliphatic rings. The first kappa shape index (κ1) is 24.0. The Morgan fingerprint density at radius 1 is 1.14 bits per heavy atom. The van der Waals surface area contributed by atoms with Crippen molar-refractivity contribution in [3.8, 4) is 11.5 Å². The van der Waals surface area contributed by atoms with Crippen molar-refractivity contribution in [3.05, 3.63) is 64.7 Å². The summed E-state index contributed by atoms with van der Waals surface area (Å²) in [6.45, 7) is 1.88. The maximum atomic E-state index is 13.4. The number of nitrogens with one attached hydrogen (secondary N) is 1. The zero-order valence-corrected chi connectivity index (χ0v) is 19.7. The van der Waals surface area contributed by atoms with Crippen molar-refractivity contribution in [3.63, 3.8) is 0 Å². The van der Waals surface area contributed by atoms with Gasteiger partial charge in [-0.3, -0.25) is 10.3 Å². The van der Waals surface area contributed by atoms with Gasteiger partial charge in [-0.1, -0.05) is 31.2 Å². The van der Waals surface area contributed by atoms with E-state index in [1.54, 1.807) is 12.1 Å². The number of phenols is 1. The SMILES string of the molecule is COc1cc2c(cc1O)C(NOCc1ccccc1C(F)(F)F)=C[C@@H]1[C@@H]2CC[C@]2(C)[C@@H](O)CC[C@@H]12. The Morgan fingerprint density at radius 2 is 1.91 bits per heavy atom. The number of halogens is 3. The number of allylic oxidation sites excluding steroid dienone is 1. The van der Waals surface area contributed by atoms with Gasteiger partial charge in [-0.2, -0.15) is 13.2 Å². The molecular formula is C27H30F3NO4. The van der Waals surface area contributed by atoms with Gasteiger partial charge in [0.1, 0.15) is 6.61 Å². The van der Waals surface area contributed by atoms with E-state index in [1.807, 2.05) is 6.07 Å². The van der Waals surface area contributed by atoms with Gasteiger partial charge in [-0.05, 0) is 78.2 Å². The highest BCUT2D eigenvalue weighted by Crippen LogP contribution is 2.61. The van der Waals surface area contributed by atoms with Crippen LogP contribution in [0.4, 0.5) is 13.2 Å². The Labute approximate surface area is 202 Å². The van der Waals surface area contributed by atoms with Crippen LogP contribution in [-0.4, -0.2) is 23.4 Å². The highest BCUT2D eigenvalue weighted by molar-refractivity contribution is 5.72. The predicted octanol–water partition coefficient (Wildman–Crippen LogP) is 5.77. The molecule has 0 aromatic heterocycles. The molecule has 0 amide bonds. The number of methoxy groups -OCH3 is 1. The van der Waals surface area contributed by atoms with Gasteiger partial charge in [0.2, 0.25) is 0 Å². The van der Waals surface area contributed by atoms with Crippen molar-refractivity contribution in [1.82, 2.24) is 5.48 Å². The van der Waals surface area contributed by atoms with Crippen molar-refractivity contribution in [2.75, 3.05) is 7.11 Å². The lowest BCUT2D eigenvalue weighted by Gasteiger charge is -2.49. The normalized spacial score (nSPS) is 29.6. The minimum absolute atomic E-state index is 0.0169. The molecule has 188 valence electrons. The number of hydrogen-bond donors (Lipinski definition) is 3. The molecule has 5 nitrogen and oxygen atoms in total. The second kappa shape index (κ2) is 8.75. The van der Waals surface area contributed by atoms with Crippen molar-refractivity contribution in [2.45, 2.75) is 57.4 Å². The Hall–Kier alpha value is -2.71. The molecule has 0 heterocycles. The summed E-state index contributed by atoms with van der Waals surface area (Å²) < 4.78 is 45.5. The van der Waals surface area contributed by atoms with Crippen LogP contribution >= 0.6 is 0 Å². The van der Waals surface area contributed by atoms with Gasteiger partial charge in [0.25, 0.3) is 0 Å². The molecule has 0 bridgehead atoms. The van der Waals surface area contributed by atoms with Crippen LogP contribution < -0.4 is 10.2 Å². The van der Waals surface area contributed by atoms with Crippen LogP contribution in [0.25, 0.3) is 5.70 Å². The van der Waals surface area contributed by atoms with E-state index in [0.717, 1.165) is 42.9 Å². The molecule has 8 heteroatoms. The summed E-state index contributed by atoms with van der Waals surface area (Å²) in [6.07, 6.45) is 0.730.